The molecular weight excluding hydrogens is 405 g/mol. The van der Waals surface area contributed by atoms with Crippen LogP contribution in [0.4, 0.5) is 4.39 Å². The van der Waals surface area contributed by atoms with Crippen LogP contribution < -0.4 is 10.1 Å². The largest absolute Gasteiger partial charge is 0.457 e. The summed E-state index contributed by atoms with van der Waals surface area (Å²) in [4.78, 5) is 19.0. The van der Waals surface area contributed by atoms with Crippen LogP contribution in [0.25, 0.3) is 0 Å². The normalized spacial score (nSPS) is 15.8. The number of pyridine rings is 1. The van der Waals surface area contributed by atoms with E-state index < -0.39 is 0 Å². The van der Waals surface area contributed by atoms with Crippen molar-refractivity contribution in [1.82, 2.24) is 15.2 Å². The lowest BCUT2D eigenvalue weighted by Gasteiger charge is -2.37. The number of piperidine rings is 1. The first-order valence-corrected chi connectivity index (χ1v) is 11.0. The fourth-order valence-corrected chi connectivity index (χ4v) is 3.99. The van der Waals surface area contributed by atoms with Gasteiger partial charge in [-0.25, -0.2) is 4.39 Å². The van der Waals surface area contributed by atoms with Gasteiger partial charge in [0.25, 0.3) is 5.91 Å². The van der Waals surface area contributed by atoms with E-state index in [9.17, 15) is 9.18 Å². The van der Waals surface area contributed by atoms with Crippen LogP contribution in [0.1, 0.15) is 41.7 Å². The van der Waals surface area contributed by atoms with E-state index in [2.05, 4.69) is 22.1 Å². The van der Waals surface area contributed by atoms with E-state index in [0.29, 0.717) is 23.6 Å². The van der Waals surface area contributed by atoms with Gasteiger partial charge in [0.15, 0.2) is 0 Å². The number of carbonyl (C=O) groups is 1. The average molecular weight is 434 g/mol. The maximum absolute atomic E-state index is 13.1. The van der Waals surface area contributed by atoms with Gasteiger partial charge in [-0.2, -0.15) is 0 Å². The molecule has 1 atom stereocenters. The Morgan fingerprint density at radius 1 is 1.03 bits per heavy atom. The zero-order chi connectivity index (χ0) is 22.3. The van der Waals surface area contributed by atoms with E-state index in [4.69, 9.17) is 4.74 Å². The summed E-state index contributed by atoms with van der Waals surface area (Å²) < 4.78 is 18.9. The summed E-state index contributed by atoms with van der Waals surface area (Å²) in [6.07, 6.45) is 5.55. The molecule has 0 aliphatic carbocycles. The summed E-state index contributed by atoms with van der Waals surface area (Å²) in [5, 5.41) is 3.09. The Labute approximate surface area is 188 Å². The second kappa shape index (κ2) is 10.4. The lowest BCUT2D eigenvalue weighted by atomic mass is 9.95. The maximum Gasteiger partial charge on any atom is 0.251 e. The molecule has 2 aromatic carbocycles. The number of hydrogen-bond acceptors (Lipinski definition) is 4. The van der Waals surface area contributed by atoms with Crippen molar-refractivity contribution < 1.29 is 13.9 Å². The van der Waals surface area contributed by atoms with Crippen molar-refractivity contribution in [3.05, 3.63) is 90.0 Å². The number of halogens is 1. The van der Waals surface area contributed by atoms with Gasteiger partial charge in [0.2, 0.25) is 0 Å². The van der Waals surface area contributed by atoms with Crippen molar-refractivity contribution in [2.24, 2.45) is 5.92 Å². The fraction of sp³-hybridized carbons (Fsp3) is 0.308. The molecule has 6 heteroatoms. The minimum Gasteiger partial charge on any atom is -0.457 e. The zero-order valence-corrected chi connectivity index (χ0v) is 18.2. The molecule has 1 aromatic heterocycles. The molecule has 1 N–H and O–H groups in total. The molecule has 0 radical (unpaired) electrons. The third kappa shape index (κ3) is 5.71. The first kappa shape index (κ1) is 22.0. The van der Waals surface area contributed by atoms with E-state index in [1.807, 2.05) is 24.3 Å². The van der Waals surface area contributed by atoms with Crippen LogP contribution in [0.15, 0.2) is 73.1 Å². The average Bonchev–Trinajstić information content (AvgIpc) is 2.83. The van der Waals surface area contributed by atoms with Gasteiger partial charge in [-0.05, 0) is 85.9 Å². The monoisotopic (exact) mass is 433 g/mol. The van der Waals surface area contributed by atoms with Crippen LogP contribution in [-0.4, -0.2) is 35.4 Å². The smallest absolute Gasteiger partial charge is 0.251 e. The molecule has 1 fully saturated rings. The molecule has 5 nitrogen and oxygen atoms in total. The molecule has 0 spiro atoms. The van der Waals surface area contributed by atoms with E-state index in [0.717, 1.165) is 37.4 Å². The Bertz CT molecular complexity index is 1000. The number of amides is 1. The Hall–Kier alpha value is -3.25. The minimum atomic E-state index is -0.291. The summed E-state index contributed by atoms with van der Waals surface area (Å²) in [6, 6.07) is 17.4. The Balaban J connectivity index is 1.47. The molecule has 2 heterocycles. The number of aromatic nitrogens is 1. The van der Waals surface area contributed by atoms with Crippen molar-refractivity contribution in [2.45, 2.75) is 25.8 Å². The quantitative estimate of drug-likeness (QED) is 0.555. The molecule has 1 aliphatic heterocycles. The Morgan fingerprint density at radius 3 is 2.25 bits per heavy atom. The fourth-order valence-electron chi connectivity index (χ4n) is 3.99. The van der Waals surface area contributed by atoms with E-state index in [1.54, 1.807) is 36.7 Å². The number of hydrogen-bond donors (Lipinski definition) is 1. The highest BCUT2D eigenvalue weighted by Gasteiger charge is 2.25. The van der Waals surface area contributed by atoms with Crippen molar-refractivity contribution >= 4 is 5.91 Å². The number of likely N-dealkylation sites (tertiary alicyclic amines) is 1. The van der Waals surface area contributed by atoms with Crippen LogP contribution in [-0.2, 0) is 0 Å². The first-order valence-electron chi connectivity index (χ1n) is 11.0. The summed E-state index contributed by atoms with van der Waals surface area (Å²) in [5.74, 6) is 1.61. The predicted molar refractivity (Wildman–Crippen MR) is 122 cm³/mol. The van der Waals surface area contributed by atoms with Crippen molar-refractivity contribution in [3.63, 3.8) is 0 Å². The molecule has 1 aliphatic rings. The van der Waals surface area contributed by atoms with Crippen LogP contribution >= 0.6 is 0 Å². The Morgan fingerprint density at radius 2 is 1.62 bits per heavy atom. The summed E-state index contributed by atoms with van der Waals surface area (Å²) in [5.41, 5.74) is 1.73. The van der Waals surface area contributed by atoms with Gasteiger partial charge in [-0.15, -0.1) is 0 Å². The second-order valence-corrected chi connectivity index (χ2v) is 8.31. The van der Waals surface area contributed by atoms with Gasteiger partial charge < -0.3 is 10.1 Å². The van der Waals surface area contributed by atoms with Crippen LogP contribution in [0.2, 0.25) is 0 Å². The maximum atomic E-state index is 13.1. The lowest BCUT2D eigenvalue weighted by Crippen LogP contribution is -2.42. The van der Waals surface area contributed by atoms with Gasteiger partial charge >= 0.3 is 0 Å². The number of benzene rings is 2. The summed E-state index contributed by atoms with van der Waals surface area (Å²) in [6.45, 7) is 4.82. The van der Waals surface area contributed by atoms with Gasteiger partial charge in [0.05, 0.1) is 6.04 Å². The van der Waals surface area contributed by atoms with Crippen LogP contribution in [0.3, 0.4) is 0 Å². The molecule has 0 saturated carbocycles. The lowest BCUT2D eigenvalue weighted by molar-refractivity contribution is 0.0913. The molecule has 166 valence electrons. The topological polar surface area (TPSA) is 54.5 Å². The van der Waals surface area contributed by atoms with E-state index >= 15 is 0 Å². The standard InChI is InChI=1S/C26H28FN3O2/c1-19-12-16-30(17-13-19)25(18-29-26(31)21-10-14-28-15-11-21)20-2-6-23(7-3-20)32-24-8-4-22(27)5-9-24/h2-11,14-15,19,25H,12-13,16-18H2,1H3,(H,29,31). The third-order valence-corrected chi connectivity index (χ3v) is 5.97. The number of nitrogens with zero attached hydrogens (tertiary/aromatic N) is 2. The number of rotatable bonds is 7. The second-order valence-electron chi connectivity index (χ2n) is 8.31. The minimum absolute atomic E-state index is 0.0770. The molecule has 1 saturated heterocycles. The molecule has 1 amide bonds. The van der Waals surface area contributed by atoms with Crippen molar-refractivity contribution in [1.29, 1.82) is 0 Å². The van der Waals surface area contributed by atoms with Gasteiger partial charge in [0.1, 0.15) is 17.3 Å². The molecule has 32 heavy (non-hydrogen) atoms. The van der Waals surface area contributed by atoms with Crippen LogP contribution in [0, 0.1) is 11.7 Å². The molecule has 3 aromatic rings. The molecule has 1 unspecified atom stereocenters. The number of nitrogens with one attached hydrogen (secondary N) is 1. The third-order valence-electron chi connectivity index (χ3n) is 5.97. The van der Waals surface area contributed by atoms with E-state index in [1.165, 1.54) is 12.1 Å². The first-order chi connectivity index (χ1) is 15.6. The van der Waals surface area contributed by atoms with Crippen LogP contribution in [0.5, 0.6) is 11.5 Å². The SMILES string of the molecule is CC1CCN(C(CNC(=O)c2ccncc2)c2ccc(Oc3ccc(F)cc3)cc2)CC1. The van der Waals surface area contributed by atoms with Gasteiger partial charge in [-0.3, -0.25) is 14.7 Å². The highest BCUT2D eigenvalue weighted by Crippen LogP contribution is 2.29. The molecule has 0 bridgehead atoms. The predicted octanol–water partition coefficient (Wildman–Crippen LogP) is 5.22. The van der Waals surface area contributed by atoms with E-state index in [-0.39, 0.29) is 17.8 Å². The highest BCUT2D eigenvalue weighted by molar-refractivity contribution is 5.93. The molecular formula is C26H28FN3O2. The van der Waals surface area contributed by atoms with Gasteiger partial charge in [-0.1, -0.05) is 19.1 Å². The van der Waals surface area contributed by atoms with Gasteiger partial charge in [0, 0.05) is 24.5 Å². The summed E-state index contributed by atoms with van der Waals surface area (Å²) >= 11 is 0. The zero-order valence-electron chi connectivity index (χ0n) is 18.2. The number of carbonyl (C=O) groups excluding carboxylic acids is 1. The molecule has 4 rings (SSSR count). The Kier molecular flexibility index (Phi) is 7.12. The van der Waals surface area contributed by atoms with Crippen molar-refractivity contribution in [2.75, 3.05) is 19.6 Å². The summed E-state index contributed by atoms with van der Waals surface area (Å²) in [7, 11) is 0. The van der Waals surface area contributed by atoms with Crippen molar-refractivity contribution in [3.8, 4) is 11.5 Å². The number of ether oxygens (including phenoxy) is 1. The highest BCUT2D eigenvalue weighted by atomic mass is 19.1.